The second-order valence-electron chi connectivity index (χ2n) is 3.25. The minimum absolute atomic E-state index is 0.102. The second-order valence-corrected chi connectivity index (χ2v) is 3.25. The molecule has 5 nitrogen and oxygen atoms in total. The van der Waals surface area contributed by atoms with Crippen molar-refractivity contribution < 1.29 is 9.90 Å². The van der Waals surface area contributed by atoms with E-state index in [0.29, 0.717) is 22.2 Å². The van der Waals surface area contributed by atoms with Crippen molar-refractivity contribution in [3.63, 3.8) is 0 Å². The predicted octanol–water partition coefficient (Wildman–Crippen LogP) is 1.39. The van der Waals surface area contributed by atoms with Gasteiger partial charge >= 0.3 is 5.97 Å². The molecule has 0 saturated heterocycles. The summed E-state index contributed by atoms with van der Waals surface area (Å²) < 4.78 is 0. The molecule has 0 aliphatic carbocycles. The molecule has 78 valence electrons. The Morgan fingerprint density at radius 3 is 2.81 bits per heavy atom. The standard InChI is InChI=1S/C11H7N3O2/c12-5-6-1-2-9-7(3-6)8(13)4-10(14-9)11(15)16/h1-4H,(H2,13,14)(H,15,16). The van der Waals surface area contributed by atoms with Gasteiger partial charge in [-0.2, -0.15) is 5.26 Å². The Balaban J connectivity index is 2.77. The van der Waals surface area contributed by atoms with Gasteiger partial charge in [0.1, 0.15) is 0 Å². The van der Waals surface area contributed by atoms with Crippen molar-refractivity contribution in [2.24, 2.45) is 0 Å². The minimum atomic E-state index is -1.13. The Hall–Kier alpha value is -2.61. The highest BCUT2D eigenvalue weighted by Crippen LogP contribution is 2.21. The predicted molar refractivity (Wildman–Crippen MR) is 57.8 cm³/mol. The van der Waals surface area contributed by atoms with E-state index in [9.17, 15) is 4.79 Å². The summed E-state index contributed by atoms with van der Waals surface area (Å²) in [6.45, 7) is 0. The quantitative estimate of drug-likeness (QED) is 0.745. The van der Waals surface area contributed by atoms with Crippen LogP contribution in [0.2, 0.25) is 0 Å². The molecule has 0 spiro atoms. The van der Waals surface area contributed by atoms with E-state index in [4.69, 9.17) is 16.1 Å². The average Bonchev–Trinajstić information content (AvgIpc) is 2.28. The lowest BCUT2D eigenvalue weighted by Crippen LogP contribution is -2.02. The molecule has 0 aliphatic rings. The summed E-state index contributed by atoms with van der Waals surface area (Å²) in [7, 11) is 0. The summed E-state index contributed by atoms with van der Waals surface area (Å²) in [6.07, 6.45) is 0. The zero-order chi connectivity index (χ0) is 11.7. The van der Waals surface area contributed by atoms with Crippen molar-refractivity contribution in [2.45, 2.75) is 0 Å². The van der Waals surface area contributed by atoms with E-state index in [1.165, 1.54) is 6.07 Å². The van der Waals surface area contributed by atoms with Gasteiger partial charge in [0, 0.05) is 11.1 Å². The summed E-state index contributed by atoms with van der Waals surface area (Å²) in [6, 6.07) is 8.00. The maximum absolute atomic E-state index is 10.7. The molecular weight excluding hydrogens is 206 g/mol. The highest BCUT2D eigenvalue weighted by atomic mass is 16.4. The molecule has 0 unspecified atom stereocenters. The number of carbonyl (C=O) groups is 1. The Labute approximate surface area is 90.8 Å². The van der Waals surface area contributed by atoms with E-state index in [2.05, 4.69) is 4.98 Å². The molecule has 0 fully saturated rings. The summed E-state index contributed by atoms with van der Waals surface area (Å²) in [4.78, 5) is 14.7. The average molecular weight is 213 g/mol. The van der Waals surface area contributed by atoms with Crippen molar-refractivity contribution in [3.05, 3.63) is 35.5 Å². The third-order valence-corrected chi connectivity index (χ3v) is 2.19. The minimum Gasteiger partial charge on any atom is -0.477 e. The van der Waals surface area contributed by atoms with E-state index in [1.807, 2.05) is 6.07 Å². The Morgan fingerprint density at radius 2 is 2.19 bits per heavy atom. The SMILES string of the molecule is N#Cc1ccc2nc(C(=O)O)cc(N)c2c1. The summed E-state index contributed by atoms with van der Waals surface area (Å²) in [5.74, 6) is -1.13. The number of nitrogen functional groups attached to an aromatic ring is 1. The van der Waals surface area contributed by atoms with Crippen LogP contribution in [-0.2, 0) is 0 Å². The highest BCUT2D eigenvalue weighted by molar-refractivity contribution is 5.96. The first-order valence-electron chi connectivity index (χ1n) is 4.45. The van der Waals surface area contributed by atoms with Crippen LogP contribution in [0.3, 0.4) is 0 Å². The molecule has 1 aromatic carbocycles. The van der Waals surface area contributed by atoms with Crippen molar-refractivity contribution in [3.8, 4) is 6.07 Å². The fraction of sp³-hybridized carbons (Fsp3) is 0. The number of hydrogen-bond donors (Lipinski definition) is 2. The third-order valence-electron chi connectivity index (χ3n) is 2.19. The van der Waals surface area contributed by atoms with Crippen LogP contribution in [0.1, 0.15) is 16.1 Å². The number of carboxylic acid groups (broad SMARTS) is 1. The van der Waals surface area contributed by atoms with Gasteiger partial charge in [-0.15, -0.1) is 0 Å². The molecule has 0 radical (unpaired) electrons. The van der Waals surface area contributed by atoms with Crippen molar-refractivity contribution in [1.29, 1.82) is 5.26 Å². The van der Waals surface area contributed by atoms with Crippen LogP contribution in [0.25, 0.3) is 10.9 Å². The first-order chi connectivity index (χ1) is 7.61. The number of aromatic carboxylic acids is 1. The number of carboxylic acids is 1. The van der Waals surface area contributed by atoms with Gasteiger partial charge in [0.25, 0.3) is 0 Å². The number of pyridine rings is 1. The number of benzene rings is 1. The van der Waals surface area contributed by atoms with Gasteiger partial charge in [-0.05, 0) is 24.3 Å². The van der Waals surface area contributed by atoms with Crippen LogP contribution in [-0.4, -0.2) is 16.1 Å². The highest BCUT2D eigenvalue weighted by Gasteiger charge is 2.09. The van der Waals surface area contributed by atoms with Crippen LogP contribution in [0.4, 0.5) is 5.69 Å². The van der Waals surface area contributed by atoms with E-state index in [0.717, 1.165) is 0 Å². The number of nitrogens with zero attached hydrogens (tertiary/aromatic N) is 2. The summed E-state index contributed by atoms with van der Waals surface area (Å²) in [5.41, 5.74) is 6.84. The largest absolute Gasteiger partial charge is 0.477 e. The normalized spacial score (nSPS) is 9.94. The summed E-state index contributed by atoms with van der Waals surface area (Å²) in [5, 5.41) is 18.1. The lowest BCUT2D eigenvalue weighted by atomic mass is 10.1. The van der Waals surface area contributed by atoms with Crippen LogP contribution in [0.15, 0.2) is 24.3 Å². The molecule has 0 bridgehead atoms. The number of hydrogen-bond acceptors (Lipinski definition) is 4. The number of fused-ring (bicyclic) bond motifs is 1. The first-order valence-corrected chi connectivity index (χ1v) is 4.45. The molecule has 0 amide bonds. The molecule has 2 rings (SSSR count). The number of nitrogens with two attached hydrogens (primary N) is 1. The van der Waals surface area contributed by atoms with E-state index in [-0.39, 0.29) is 5.69 Å². The molecule has 0 atom stereocenters. The third kappa shape index (κ3) is 1.53. The molecule has 16 heavy (non-hydrogen) atoms. The molecule has 3 N–H and O–H groups in total. The fourth-order valence-corrected chi connectivity index (χ4v) is 1.43. The zero-order valence-corrected chi connectivity index (χ0v) is 8.14. The van der Waals surface area contributed by atoms with Crippen LogP contribution in [0.5, 0.6) is 0 Å². The van der Waals surface area contributed by atoms with Gasteiger partial charge < -0.3 is 10.8 Å². The fourth-order valence-electron chi connectivity index (χ4n) is 1.43. The molecule has 2 aromatic rings. The molecule has 0 saturated carbocycles. The summed E-state index contributed by atoms with van der Waals surface area (Å²) >= 11 is 0. The van der Waals surface area contributed by atoms with Gasteiger partial charge in [0.2, 0.25) is 0 Å². The zero-order valence-electron chi connectivity index (χ0n) is 8.14. The van der Waals surface area contributed by atoms with Gasteiger partial charge in [0.05, 0.1) is 17.1 Å². The molecule has 1 heterocycles. The second kappa shape index (κ2) is 3.51. The van der Waals surface area contributed by atoms with Crippen molar-refractivity contribution in [1.82, 2.24) is 4.98 Å². The monoisotopic (exact) mass is 213 g/mol. The van der Waals surface area contributed by atoms with Gasteiger partial charge in [0.15, 0.2) is 5.69 Å². The van der Waals surface area contributed by atoms with Gasteiger partial charge in [-0.3, -0.25) is 0 Å². The number of anilines is 1. The van der Waals surface area contributed by atoms with Gasteiger partial charge in [-0.25, -0.2) is 9.78 Å². The number of nitriles is 1. The lowest BCUT2D eigenvalue weighted by molar-refractivity contribution is 0.0691. The molecule has 0 aliphatic heterocycles. The smallest absolute Gasteiger partial charge is 0.354 e. The van der Waals surface area contributed by atoms with Crippen LogP contribution in [0, 0.1) is 11.3 Å². The maximum atomic E-state index is 10.7. The van der Waals surface area contributed by atoms with Crippen LogP contribution < -0.4 is 5.73 Å². The van der Waals surface area contributed by atoms with Crippen LogP contribution >= 0.6 is 0 Å². The first kappa shape index (κ1) is 9.93. The van der Waals surface area contributed by atoms with Crippen molar-refractivity contribution in [2.75, 3.05) is 5.73 Å². The maximum Gasteiger partial charge on any atom is 0.354 e. The number of aromatic nitrogens is 1. The Bertz CT molecular complexity index is 629. The van der Waals surface area contributed by atoms with E-state index < -0.39 is 5.97 Å². The van der Waals surface area contributed by atoms with Gasteiger partial charge in [-0.1, -0.05) is 0 Å². The Morgan fingerprint density at radius 1 is 1.44 bits per heavy atom. The van der Waals surface area contributed by atoms with Crippen molar-refractivity contribution >= 4 is 22.6 Å². The molecule has 1 aromatic heterocycles. The topological polar surface area (TPSA) is 100 Å². The lowest BCUT2D eigenvalue weighted by Gasteiger charge is -2.03. The van der Waals surface area contributed by atoms with E-state index in [1.54, 1.807) is 18.2 Å². The van der Waals surface area contributed by atoms with E-state index >= 15 is 0 Å². The Kier molecular flexibility index (Phi) is 2.18. The molecular formula is C11H7N3O2. The number of rotatable bonds is 1. The molecule has 5 heteroatoms.